The van der Waals surface area contributed by atoms with E-state index >= 15 is 0 Å². The van der Waals surface area contributed by atoms with Crippen LogP contribution >= 0.6 is 0 Å². The molecule has 0 unspecified atom stereocenters. The fraction of sp³-hybridized carbons (Fsp3) is 0.625. The van der Waals surface area contributed by atoms with Gasteiger partial charge in [0, 0.05) is 18.3 Å². The average molecular weight is 248 g/mol. The Labute approximate surface area is 112 Å². The molecular formula is C16H28N2. The number of nitrogens with zero attached hydrogens (tertiary/aromatic N) is 1. The monoisotopic (exact) mass is 248 g/mol. The lowest BCUT2D eigenvalue weighted by Gasteiger charge is -2.27. The van der Waals surface area contributed by atoms with E-state index in [4.69, 9.17) is 5.73 Å². The van der Waals surface area contributed by atoms with Crippen molar-refractivity contribution >= 4 is 5.69 Å². The van der Waals surface area contributed by atoms with E-state index in [1.54, 1.807) is 0 Å². The summed E-state index contributed by atoms with van der Waals surface area (Å²) in [6.07, 6.45) is 2.59. The van der Waals surface area contributed by atoms with Crippen molar-refractivity contribution in [3.05, 3.63) is 29.8 Å². The van der Waals surface area contributed by atoms with Crippen LogP contribution in [0.3, 0.4) is 0 Å². The first-order valence-electron chi connectivity index (χ1n) is 7.07. The second-order valence-corrected chi connectivity index (χ2v) is 5.84. The molecule has 0 aliphatic heterocycles. The van der Waals surface area contributed by atoms with Crippen molar-refractivity contribution in [2.75, 3.05) is 12.3 Å². The summed E-state index contributed by atoms with van der Waals surface area (Å²) in [7, 11) is 0. The van der Waals surface area contributed by atoms with E-state index in [0.29, 0.717) is 6.04 Å². The van der Waals surface area contributed by atoms with Crippen molar-refractivity contribution in [1.82, 2.24) is 4.90 Å². The summed E-state index contributed by atoms with van der Waals surface area (Å²) in [5.41, 5.74) is 7.91. The minimum atomic E-state index is 0.592. The normalized spacial score (nSPS) is 11.7. The summed E-state index contributed by atoms with van der Waals surface area (Å²) in [6, 6.07) is 8.83. The van der Waals surface area contributed by atoms with Crippen LogP contribution in [0.1, 0.15) is 46.1 Å². The number of benzene rings is 1. The van der Waals surface area contributed by atoms with Gasteiger partial charge in [0.05, 0.1) is 0 Å². The van der Waals surface area contributed by atoms with E-state index < -0.39 is 0 Å². The highest BCUT2D eigenvalue weighted by atomic mass is 15.1. The molecule has 18 heavy (non-hydrogen) atoms. The molecule has 0 aliphatic carbocycles. The molecule has 0 aliphatic rings. The highest BCUT2D eigenvalue weighted by molar-refractivity contribution is 5.39. The molecule has 102 valence electrons. The molecular weight excluding hydrogens is 220 g/mol. The molecule has 0 saturated carbocycles. The quantitative estimate of drug-likeness (QED) is 0.741. The Morgan fingerprint density at radius 2 is 1.67 bits per heavy atom. The Kier molecular flexibility index (Phi) is 6.20. The molecule has 0 aromatic heterocycles. The van der Waals surface area contributed by atoms with E-state index in [2.05, 4.69) is 44.7 Å². The van der Waals surface area contributed by atoms with Gasteiger partial charge in [0.2, 0.25) is 0 Å². The van der Waals surface area contributed by atoms with Crippen molar-refractivity contribution in [2.24, 2.45) is 5.92 Å². The van der Waals surface area contributed by atoms with Crippen LogP contribution in [-0.4, -0.2) is 17.5 Å². The molecule has 1 rings (SSSR count). The van der Waals surface area contributed by atoms with Crippen LogP contribution in [-0.2, 0) is 6.54 Å². The summed E-state index contributed by atoms with van der Waals surface area (Å²) in [5, 5.41) is 0. The highest BCUT2D eigenvalue weighted by Crippen LogP contribution is 2.13. The van der Waals surface area contributed by atoms with E-state index in [-0.39, 0.29) is 0 Å². The van der Waals surface area contributed by atoms with Gasteiger partial charge in [-0.2, -0.15) is 0 Å². The lowest BCUT2D eigenvalue weighted by Crippen LogP contribution is -2.31. The third-order valence-electron chi connectivity index (χ3n) is 3.32. The van der Waals surface area contributed by atoms with Gasteiger partial charge in [-0.1, -0.05) is 26.0 Å². The maximum atomic E-state index is 5.72. The molecule has 0 spiro atoms. The molecule has 1 aromatic rings. The van der Waals surface area contributed by atoms with Gasteiger partial charge in [0.1, 0.15) is 0 Å². The third-order valence-corrected chi connectivity index (χ3v) is 3.32. The predicted molar refractivity (Wildman–Crippen MR) is 80.5 cm³/mol. The summed E-state index contributed by atoms with van der Waals surface area (Å²) in [4.78, 5) is 2.54. The van der Waals surface area contributed by atoms with Gasteiger partial charge in [0.25, 0.3) is 0 Å². The molecule has 0 radical (unpaired) electrons. The van der Waals surface area contributed by atoms with Crippen molar-refractivity contribution in [3.63, 3.8) is 0 Å². The van der Waals surface area contributed by atoms with Crippen LogP contribution < -0.4 is 5.73 Å². The lowest BCUT2D eigenvalue weighted by molar-refractivity contribution is 0.205. The van der Waals surface area contributed by atoms with Gasteiger partial charge in [-0.05, 0) is 56.8 Å². The van der Waals surface area contributed by atoms with Gasteiger partial charge < -0.3 is 5.73 Å². The number of nitrogen functional groups attached to an aromatic ring is 1. The zero-order valence-corrected chi connectivity index (χ0v) is 12.3. The molecule has 1 aromatic carbocycles. The van der Waals surface area contributed by atoms with Crippen LogP contribution in [0.15, 0.2) is 24.3 Å². The van der Waals surface area contributed by atoms with Gasteiger partial charge in [-0.15, -0.1) is 0 Å². The van der Waals surface area contributed by atoms with E-state index in [9.17, 15) is 0 Å². The smallest absolute Gasteiger partial charge is 0.0314 e. The second-order valence-electron chi connectivity index (χ2n) is 5.84. The van der Waals surface area contributed by atoms with Crippen LogP contribution in [0.4, 0.5) is 5.69 Å². The molecule has 0 heterocycles. The molecule has 0 bridgehead atoms. The molecule has 0 saturated heterocycles. The van der Waals surface area contributed by atoms with E-state index in [1.807, 2.05) is 12.1 Å². The van der Waals surface area contributed by atoms with Gasteiger partial charge >= 0.3 is 0 Å². The van der Waals surface area contributed by atoms with E-state index in [1.165, 1.54) is 24.9 Å². The maximum Gasteiger partial charge on any atom is 0.0314 e. The van der Waals surface area contributed by atoms with Crippen molar-refractivity contribution < 1.29 is 0 Å². The highest BCUT2D eigenvalue weighted by Gasteiger charge is 2.10. The summed E-state index contributed by atoms with van der Waals surface area (Å²) in [6.45, 7) is 11.3. The SMILES string of the molecule is CC(C)CCCN(Cc1ccc(N)cc1)C(C)C. The Morgan fingerprint density at radius 3 is 2.17 bits per heavy atom. The molecule has 0 amide bonds. The van der Waals surface area contributed by atoms with Crippen LogP contribution in [0.5, 0.6) is 0 Å². The number of nitrogens with two attached hydrogens (primary N) is 1. The van der Waals surface area contributed by atoms with Gasteiger partial charge in [-0.3, -0.25) is 4.90 Å². The standard InChI is InChI=1S/C16H28N2/c1-13(2)6-5-11-18(14(3)4)12-15-7-9-16(17)10-8-15/h7-10,13-14H,5-6,11-12,17H2,1-4H3. The topological polar surface area (TPSA) is 29.3 Å². The van der Waals surface area contributed by atoms with Crippen LogP contribution in [0, 0.1) is 5.92 Å². The van der Waals surface area contributed by atoms with Gasteiger partial charge in [-0.25, -0.2) is 0 Å². The fourth-order valence-corrected chi connectivity index (χ4v) is 2.08. The van der Waals surface area contributed by atoms with Crippen LogP contribution in [0.2, 0.25) is 0 Å². The largest absolute Gasteiger partial charge is 0.399 e. The Morgan fingerprint density at radius 1 is 1.06 bits per heavy atom. The molecule has 0 atom stereocenters. The number of hydrogen-bond donors (Lipinski definition) is 1. The summed E-state index contributed by atoms with van der Waals surface area (Å²) >= 11 is 0. The Hall–Kier alpha value is -1.02. The molecule has 2 nitrogen and oxygen atoms in total. The Balaban J connectivity index is 2.49. The van der Waals surface area contributed by atoms with Crippen molar-refractivity contribution in [2.45, 2.75) is 53.1 Å². The van der Waals surface area contributed by atoms with Crippen LogP contribution in [0.25, 0.3) is 0 Å². The first-order chi connectivity index (χ1) is 8.49. The summed E-state index contributed by atoms with van der Waals surface area (Å²) < 4.78 is 0. The number of rotatable bonds is 7. The first-order valence-corrected chi connectivity index (χ1v) is 7.07. The van der Waals surface area contributed by atoms with E-state index in [0.717, 1.165) is 18.2 Å². The maximum absolute atomic E-state index is 5.72. The minimum Gasteiger partial charge on any atom is -0.399 e. The summed E-state index contributed by atoms with van der Waals surface area (Å²) in [5.74, 6) is 0.801. The number of hydrogen-bond acceptors (Lipinski definition) is 2. The lowest BCUT2D eigenvalue weighted by atomic mass is 10.1. The second kappa shape index (κ2) is 7.42. The minimum absolute atomic E-state index is 0.592. The van der Waals surface area contributed by atoms with Crippen molar-refractivity contribution in [1.29, 1.82) is 0 Å². The third kappa shape index (κ3) is 5.54. The number of anilines is 1. The van der Waals surface area contributed by atoms with Crippen molar-refractivity contribution in [3.8, 4) is 0 Å². The molecule has 2 heteroatoms. The molecule has 2 N–H and O–H groups in total. The molecule has 0 fully saturated rings. The average Bonchev–Trinajstić information content (AvgIpc) is 2.30. The predicted octanol–water partition coefficient (Wildman–Crippen LogP) is 3.92. The zero-order valence-electron chi connectivity index (χ0n) is 12.3. The zero-order chi connectivity index (χ0) is 13.5. The fourth-order valence-electron chi connectivity index (χ4n) is 2.08. The van der Waals surface area contributed by atoms with Gasteiger partial charge in [0.15, 0.2) is 0 Å². The Bertz CT molecular complexity index is 327. The first kappa shape index (κ1) is 15.0.